The number of hydrogen-bond donors (Lipinski definition) is 2. The molecule has 1 aromatic heterocycles. The summed E-state index contributed by atoms with van der Waals surface area (Å²) in [6.45, 7) is 4.00. The van der Waals surface area contributed by atoms with Gasteiger partial charge in [-0.1, -0.05) is 26.0 Å². The van der Waals surface area contributed by atoms with E-state index in [9.17, 15) is 0 Å². The minimum Gasteiger partial charge on any atom is -0.399 e. The highest BCUT2D eigenvalue weighted by Gasteiger charge is 2.00. The van der Waals surface area contributed by atoms with E-state index in [4.69, 9.17) is 11.5 Å². The normalized spacial score (nSPS) is 10.1. The lowest BCUT2D eigenvalue weighted by Gasteiger charge is -2.03. The first-order chi connectivity index (χ1) is 8.72. The summed E-state index contributed by atoms with van der Waals surface area (Å²) >= 11 is 0. The summed E-state index contributed by atoms with van der Waals surface area (Å²) in [7, 11) is 0. The van der Waals surface area contributed by atoms with E-state index in [0.717, 1.165) is 33.2 Å². The molecular formula is C15H17N3. The maximum Gasteiger partial charge on any atom is 0.0730 e. The molecule has 3 rings (SSSR count). The zero-order valence-corrected chi connectivity index (χ0v) is 10.6. The van der Waals surface area contributed by atoms with Gasteiger partial charge in [-0.05, 0) is 30.3 Å². The van der Waals surface area contributed by atoms with Crippen LogP contribution in [0.4, 0.5) is 11.4 Å². The summed E-state index contributed by atoms with van der Waals surface area (Å²) in [5, 5.41) is 2.18. The molecule has 18 heavy (non-hydrogen) atoms. The van der Waals surface area contributed by atoms with Gasteiger partial charge in [-0.2, -0.15) is 0 Å². The van der Waals surface area contributed by atoms with Crippen LogP contribution in [0.15, 0.2) is 42.5 Å². The van der Waals surface area contributed by atoms with Crippen LogP contribution in [-0.2, 0) is 0 Å². The minimum absolute atomic E-state index is 0.725. The van der Waals surface area contributed by atoms with Crippen molar-refractivity contribution in [1.29, 1.82) is 0 Å². The molecule has 0 aliphatic rings. The van der Waals surface area contributed by atoms with Crippen LogP contribution in [0.3, 0.4) is 0 Å². The second-order valence-electron chi connectivity index (χ2n) is 3.89. The van der Waals surface area contributed by atoms with E-state index in [-0.39, 0.29) is 0 Å². The van der Waals surface area contributed by atoms with Gasteiger partial charge in [0, 0.05) is 22.1 Å². The number of aromatic nitrogens is 1. The number of pyridine rings is 1. The predicted octanol–water partition coefficient (Wildman–Crippen LogP) is 3.58. The molecule has 2 aromatic carbocycles. The Labute approximate surface area is 106 Å². The molecule has 0 aliphatic carbocycles. The van der Waals surface area contributed by atoms with Crippen molar-refractivity contribution in [1.82, 2.24) is 4.98 Å². The maximum atomic E-state index is 5.73. The highest BCUT2D eigenvalue weighted by molar-refractivity contribution is 5.94. The van der Waals surface area contributed by atoms with Gasteiger partial charge in [0.05, 0.1) is 11.0 Å². The standard InChI is InChI=1S/C13H11N3.C2H6/c14-10-3-1-8-5-9-2-4-11(15)7-13(9)16-12(8)6-10;1-2/h1-7H,14-15H2;1-2H3. The predicted molar refractivity (Wildman–Crippen MR) is 79.4 cm³/mol. The number of benzene rings is 2. The number of fused-ring (bicyclic) bond motifs is 2. The lowest BCUT2D eigenvalue weighted by Crippen LogP contribution is -1.89. The van der Waals surface area contributed by atoms with Crippen molar-refractivity contribution in [2.75, 3.05) is 11.5 Å². The van der Waals surface area contributed by atoms with Crippen LogP contribution in [0.25, 0.3) is 21.8 Å². The Bertz CT molecular complexity index is 633. The third-order valence-electron chi connectivity index (χ3n) is 2.66. The zero-order valence-electron chi connectivity index (χ0n) is 10.6. The Balaban J connectivity index is 0.000000574. The van der Waals surface area contributed by atoms with Crippen LogP contribution in [0.5, 0.6) is 0 Å². The summed E-state index contributed by atoms with van der Waals surface area (Å²) in [5.41, 5.74) is 14.7. The second-order valence-corrected chi connectivity index (χ2v) is 3.89. The third kappa shape index (κ3) is 2.20. The fraction of sp³-hybridized carbons (Fsp3) is 0.133. The molecule has 0 atom stereocenters. The van der Waals surface area contributed by atoms with Crippen molar-refractivity contribution in [3.8, 4) is 0 Å². The number of nitrogens with zero attached hydrogens (tertiary/aromatic N) is 1. The first kappa shape index (κ1) is 12.2. The number of nitrogens with two attached hydrogens (primary N) is 2. The molecule has 0 radical (unpaired) electrons. The molecular weight excluding hydrogens is 222 g/mol. The van der Waals surface area contributed by atoms with E-state index in [1.54, 1.807) is 0 Å². The SMILES string of the molecule is CC.Nc1ccc2cc3ccc(N)cc3nc2c1. The molecule has 0 bridgehead atoms. The molecule has 3 heteroatoms. The van der Waals surface area contributed by atoms with Crippen molar-refractivity contribution in [3.63, 3.8) is 0 Å². The molecule has 4 N–H and O–H groups in total. The monoisotopic (exact) mass is 239 g/mol. The fourth-order valence-electron chi connectivity index (χ4n) is 1.86. The first-order valence-corrected chi connectivity index (χ1v) is 6.08. The highest BCUT2D eigenvalue weighted by Crippen LogP contribution is 2.22. The quantitative estimate of drug-likeness (QED) is 0.465. The van der Waals surface area contributed by atoms with Gasteiger partial charge in [0.25, 0.3) is 0 Å². The molecule has 3 nitrogen and oxygen atoms in total. The molecule has 0 amide bonds. The molecule has 0 aliphatic heterocycles. The molecule has 92 valence electrons. The Kier molecular flexibility index (Phi) is 3.33. The van der Waals surface area contributed by atoms with E-state index in [2.05, 4.69) is 11.1 Å². The smallest absolute Gasteiger partial charge is 0.0730 e. The van der Waals surface area contributed by atoms with E-state index in [0.29, 0.717) is 0 Å². The number of anilines is 2. The van der Waals surface area contributed by atoms with Crippen molar-refractivity contribution in [2.45, 2.75) is 13.8 Å². The van der Waals surface area contributed by atoms with Gasteiger partial charge in [0.1, 0.15) is 0 Å². The lowest BCUT2D eigenvalue weighted by molar-refractivity contribution is 1.50. The molecule has 3 aromatic rings. The summed E-state index contributed by atoms with van der Waals surface area (Å²) in [4.78, 5) is 4.54. The van der Waals surface area contributed by atoms with Gasteiger partial charge in [0.15, 0.2) is 0 Å². The summed E-state index contributed by atoms with van der Waals surface area (Å²) in [5.74, 6) is 0. The Morgan fingerprint density at radius 2 is 1.17 bits per heavy atom. The van der Waals surface area contributed by atoms with Crippen LogP contribution < -0.4 is 11.5 Å². The Hall–Kier alpha value is -2.29. The zero-order chi connectivity index (χ0) is 13.1. The minimum atomic E-state index is 0.725. The molecule has 0 unspecified atom stereocenters. The van der Waals surface area contributed by atoms with Gasteiger partial charge in [-0.25, -0.2) is 4.98 Å². The summed E-state index contributed by atoms with van der Waals surface area (Å²) in [6, 6.07) is 13.6. The molecule has 0 fully saturated rings. The Morgan fingerprint density at radius 1 is 0.722 bits per heavy atom. The Morgan fingerprint density at radius 3 is 1.61 bits per heavy atom. The van der Waals surface area contributed by atoms with Gasteiger partial charge in [-0.15, -0.1) is 0 Å². The largest absolute Gasteiger partial charge is 0.399 e. The third-order valence-corrected chi connectivity index (χ3v) is 2.66. The second kappa shape index (κ2) is 4.92. The van der Waals surface area contributed by atoms with Gasteiger partial charge < -0.3 is 11.5 Å². The lowest BCUT2D eigenvalue weighted by atomic mass is 10.1. The van der Waals surface area contributed by atoms with Crippen LogP contribution >= 0.6 is 0 Å². The number of hydrogen-bond acceptors (Lipinski definition) is 3. The van der Waals surface area contributed by atoms with E-state index < -0.39 is 0 Å². The summed E-state index contributed by atoms with van der Waals surface area (Å²) in [6.07, 6.45) is 0. The number of nitrogen functional groups attached to an aromatic ring is 2. The molecule has 0 spiro atoms. The van der Waals surface area contributed by atoms with Crippen LogP contribution in [0.1, 0.15) is 13.8 Å². The van der Waals surface area contributed by atoms with Crippen molar-refractivity contribution in [3.05, 3.63) is 42.5 Å². The summed E-state index contributed by atoms with van der Waals surface area (Å²) < 4.78 is 0. The topological polar surface area (TPSA) is 64.9 Å². The van der Waals surface area contributed by atoms with E-state index in [1.165, 1.54) is 0 Å². The van der Waals surface area contributed by atoms with Crippen molar-refractivity contribution >= 4 is 33.2 Å². The fourth-order valence-corrected chi connectivity index (χ4v) is 1.86. The highest BCUT2D eigenvalue weighted by atomic mass is 14.7. The van der Waals surface area contributed by atoms with Crippen LogP contribution in [-0.4, -0.2) is 4.98 Å². The average molecular weight is 239 g/mol. The van der Waals surface area contributed by atoms with Crippen molar-refractivity contribution < 1.29 is 0 Å². The average Bonchev–Trinajstić information content (AvgIpc) is 2.38. The van der Waals surface area contributed by atoms with E-state index >= 15 is 0 Å². The molecule has 0 saturated carbocycles. The van der Waals surface area contributed by atoms with Crippen LogP contribution in [0.2, 0.25) is 0 Å². The first-order valence-electron chi connectivity index (χ1n) is 6.08. The van der Waals surface area contributed by atoms with E-state index in [1.807, 2.05) is 50.2 Å². The van der Waals surface area contributed by atoms with Gasteiger partial charge in [-0.3, -0.25) is 0 Å². The number of rotatable bonds is 0. The molecule has 1 heterocycles. The molecule has 0 saturated heterocycles. The van der Waals surface area contributed by atoms with Crippen molar-refractivity contribution in [2.24, 2.45) is 0 Å². The maximum absolute atomic E-state index is 5.73. The van der Waals surface area contributed by atoms with Crippen LogP contribution in [0, 0.1) is 0 Å². The van der Waals surface area contributed by atoms with Gasteiger partial charge in [0.2, 0.25) is 0 Å². The van der Waals surface area contributed by atoms with Gasteiger partial charge >= 0.3 is 0 Å².